The molecule has 0 unspecified atom stereocenters. The number of urea groups is 1. The van der Waals surface area contributed by atoms with Crippen LogP contribution in [0.5, 0.6) is 11.6 Å². The lowest BCUT2D eigenvalue weighted by molar-refractivity contribution is -0.182. The summed E-state index contributed by atoms with van der Waals surface area (Å²) in [6, 6.07) is 3.25. The molecule has 3 heterocycles. The zero-order valence-electron chi connectivity index (χ0n) is 33.6. The fraction of sp³-hybridized carbons (Fsp3) is 0.625. The third kappa shape index (κ3) is 8.86. The second-order valence-electron chi connectivity index (χ2n) is 17.1. The number of halogens is 3. The highest BCUT2D eigenvalue weighted by molar-refractivity contribution is 7.91. The van der Waals surface area contributed by atoms with Crippen LogP contribution >= 0.6 is 0 Å². The van der Waals surface area contributed by atoms with Gasteiger partial charge in [-0.25, -0.2) is 18.2 Å². The predicted octanol–water partition coefficient (Wildman–Crippen LogP) is 4.88. The van der Waals surface area contributed by atoms with Crippen molar-refractivity contribution in [1.29, 1.82) is 0 Å². The SMILES string of the molecule is CCOc1ccc2c(O[C@@H]3C[C@H]4C(=O)N[C@]5(C(=O)NS(=O)(=O)C6(C)CC6)C[C@H]5C=CCC[C@H](C)C[C@@H](C)[C@H](NC(=O)NC(C)(C)C(F)(F)F)C(=O)N4C3)nccc2c1. The smallest absolute Gasteiger partial charge is 0.411 e. The van der Waals surface area contributed by atoms with Gasteiger partial charge < -0.3 is 30.3 Å². The van der Waals surface area contributed by atoms with Crippen LogP contribution in [0.15, 0.2) is 42.6 Å². The first-order valence-electron chi connectivity index (χ1n) is 19.8. The Kier molecular flexibility index (Phi) is 11.8. The number of nitrogens with zero attached hydrogens (tertiary/aromatic N) is 2. The Morgan fingerprint density at radius 1 is 1.10 bits per heavy atom. The first kappa shape index (κ1) is 43.0. The molecule has 3 fully saturated rings. The summed E-state index contributed by atoms with van der Waals surface area (Å²) in [5, 5.41) is 8.63. The zero-order valence-corrected chi connectivity index (χ0v) is 34.4. The van der Waals surface area contributed by atoms with Crippen LogP contribution in [0.25, 0.3) is 10.8 Å². The largest absolute Gasteiger partial charge is 0.494 e. The van der Waals surface area contributed by atoms with Gasteiger partial charge in [0.1, 0.15) is 35.0 Å². The number of hydrogen-bond acceptors (Lipinski definition) is 9. The van der Waals surface area contributed by atoms with Crippen molar-refractivity contribution in [3.63, 3.8) is 0 Å². The Morgan fingerprint density at radius 3 is 2.50 bits per heavy atom. The van der Waals surface area contributed by atoms with Crippen molar-refractivity contribution in [3.8, 4) is 11.6 Å². The summed E-state index contributed by atoms with van der Waals surface area (Å²) >= 11 is 0. The number of carbonyl (C=O) groups excluding carboxylic acids is 4. The molecule has 0 radical (unpaired) electrons. The lowest BCUT2D eigenvalue weighted by Crippen LogP contribution is -2.62. The van der Waals surface area contributed by atoms with Gasteiger partial charge in [0.2, 0.25) is 27.7 Å². The molecule has 1 aromatic carbocycles. The Hall–Kier alpha value is -4.61. The lowest BCUT2D eigenvalue weighted by atomic mass is 9.88. The van der Waals surface area contributed by atoms with Crippen molar-refractivity contribution >= 4 is 44.5 Å². The summed E-state index contributed by atoms with van der Waals surface area (Å²) in [6.45, 7) is 8.96. The van der Waals surface area contributed by atoms with Gasteiger partial charge in [-0.2, -0.15) is 13.2 Å². The van der Waals surface area contributed by atoms with E-state index in [-0.39, 0.29) is 31.2 Å². The normalized spacial score (nSPS) is 28.9. The molecule has 318 valence electrons. The van der Waals surface area contributed by atoms with Gasteiger partial charge in [-0.1, -0.05) is 26.0 Å². The number of alkyl halides is 3. The minimum Gasteiger partial charge on any atom is -0.494 e. The Bertz CT molecular complexity index is 2080. The summed E-state index contributed by atoms with van der Waals surface area (Å²) in [7, 11) is -4.07. The number of rotatable bonds is 9. The zero-order chi connectivity index (χ0) is 42.4. The number of fused-ring (bicyclic) bond motifs is 3. The Balaban J connectivity index is 1.35. The lowest BCUT2D eigenvalue weighted by Gasteiger charge is -2.34. The molecule has 6 rings (SSSR count). The molecule has 1 aromatic heterocycles. The van der Waals surface area contributed by atoms with Gasteiger partial charge >= 0.3 is 12.2 Å². The number of allylic oxidation sites excluding steroid dienone is 1. The molecule has 2 aliphatic carbocycles. The van der Waals surface area contributed by atoms with Gasteiger partial charge in [-0.15, -0.1) is 0 Å². The molecule has 2 aromatic rings. The topological polar surface area (TPSA) is 185 Å². The van der Waals surface area contributed by atoms with Crippen LogP contribution in [-0.4, -0.2) is 95.4 Å². The van der Waals surface area contributed by atoms with Crippen molar-refractivity contribution < 1.29 is 50.2 Å². The Morgan fingerprint density at radius 2 is 1.83 bits per heavy atom. The van der Waals surface area contributed by atoms with E-state index >= 15 is 0 Å². The van der Waals surface area contributed by atoms with E-state index in [0.29, 0.717) is 49.8 Å². The van der Waals surface area contributed by atoms with Gasteiger partial charge in [-0.05, 0) is 108 Å². The van der Waals surface area contributed by atoms with E-state index < -0.39 is 85.8 Å². The molecular formula is C40H53F3N6O8S. The highest BCUT2D eigenvalue weighted by Gasteiger charge is 2.63. The summed E-state index contributed by atoms with van der Waals surface area (Å²) < 4.78 is 80.9. The van der Waals surface area contributed by atoms with E-state index in [1.165, 1.54) is 4.90 Å². The molecule has 58 heavy (non-hydrogen) atoms. The van der Waals surface area contributed by atoms with Crippen molar-refractivity contribution in [2.75, 3.05) is 13.2 Å². The number of benzene rings is 1. The number of carbonyl (C=O) groups is 4. The molecule has 18 heteroatoms. The number of amides is 5. The summed E-state index contributed by atoms with van der Waals surface area (Å²) in [5.74, 6) is -2.67. The summed E-state index contributed by atoms with van der Waals surface area (Å²) in [6.07, 6.45) is 1.95. The van der Waals surface area contributed by atoms with Crippen LogP contribution in [0.1, 0.15) is 86.5 Å². The summed E-state index contributed by atoms with van der Waals surface area (Å²) in [4.78, 5) is 62.1. The van der Waals surface area contributed by atoms with Gasteiger partial charge in [0.15, 0.2) is 0 Å². The minimum atomic E-state index is -4.80. The number of hydrogen-bond donors (Lipinski definition) is 4. The first-order valence-corrected chi connectivity index (χ1v) is 21.3. The van der Waals surface area contributed by atoms with Crippen molar-refractivity contribution in [1.82, 2.24) is 30.6 Å². The van der Waals surface area contributed by atoms with Crippen LogP contribution in [0, 0.1) is 17.8 Å². The third-order valence-electron chi connectivity index (χ3n) is 12.0. The van der Waals surface area contributed by atoms with Crippen LogP contribution < -0.4 is 30.1 Å². The number of sulfonamides is 1. The maximum atomic E-state index is 14.8. The maximum absolute atomic E-state index is 14.8. The fourth-order valence-corrected chi connectivity index (χ4v) is 9.08. The van der Waals surface area contributed by atoms with Crippen LogP contribution in [0.3, 0.4) is 0 Å². The first-order chi connectivity index (χ1) is 27.1. The molecule has 5 amide bonds. The molecule has 4 N–H and O–H groups in total. The molecule has 2 aliphatic heterocycles. The second-order valence-corrected chi connectivity index (χ2v) is 19.3. The monoisotopic (exact) mass is 834 g/mol. The standard InChI is InChI=1S/C40H53F3N6O8S/c1-7-56-27-12-13-29-25(19-27)14-17-44-33(29)57-28-20-30-32(50)46-39(35(52)48-58(54,55)38(6)15-16-38)21-26(39)11-9-8-10-23(2)18-24(3)31(34(51)49(30)22-28)45-36(53)47-37(4,5)40(41,42)43/h9,11-14,17,19,23-24,26,28,30-31H,7-8,10,15-16,18,20-22H2,1-6H3,(H,46,50)(H,48,52)(H2,45,47,53)/t23-,24+,26+,28+,30-,31-,39+/m0/s1. The highest BCUT2D eigenvalue weighted by atomic mass is 32.2. The van der Waals surface area contributed by atoms with E-state index in [9.17, 15) is 40.8 Å². The number of ether oxygens (including phenoxy) is 2. The second kappa shape index (κ2) is 15.9. The van der Waals surface area contributed by atoms with Gasteiger partial charge in [0.05, 0.1) is 17.9 Å². The van der Waals surface area contributed by atoms with Crippen LogP contribution in [0.4, 0.5) is 18.0 Å². The van der Waals surface area contributed by atoms with Crippen molar-refractivity contribution in [3.05, 3.63) is 42.6 Å². The van der Waals surface area contributed by atoms with Crippen LogP contribution in [0.2, 0.25) is 0 Å². The summed E-state index contributed by atoms with van der Waals surface area (Å²) in [5.41, 5.74) is -4.26. The van der Waals surface area contributed by atoms with Gasteiger partial charge in [0, 0.05) is 23.9 Å². The molecule has 7 atom stereocenters. The van der Waals surface area contributed by atoms with E-state index in [1.54, 1.807) is 44.3 Å². The third-order valence-corrected chi connectivity index (χ3v) is 14.1. The molecule has 14 nitrogen and oxygen atoms in total. The van der Waals surface area contributed by atoms with E-state index in [2.05, 4.69) is 20.3 Å². The van der Waals surface area contributed by atoms with E-state index in [4.69, 9.17) is 9.47 Å². The van der Waals surface area contributed by atoms with Crippen molar-refractivity contribution in [2.24, 2.45) is 17.8 Å². The number of nitrogens with one attached hydrogen (secondary N) is 4. The number of pyridine rings is 1. The fourth-order valence-electron chi connectivity index (χ4n) is 7.77. The van der Waals surface area contributed by atoms with Gasteiger partial charge in [0.25, 0.3) is 5.91 Å². The molecule has 1 saturated heterocycles. The number of aromatic nitrogens is 1. The van der Waals surface area contributed by atoms with E-state index in [1.807, 2.05) is 31.3 Å². The average Bonchev–Trinajstić information content (AvgIpc) is 4.01. The molecule has 2 saturated carbocycles. The quantitative estimate of drug-likeness (QED) is 0.256. The molecule has 0 bridgehead atoms. The van der Waals surface area contributed by atoms with Crippen LogP contribution in [-0.2, 0) is 24.4 Å². The van der Waals surface area contributed by atoms with Gasteiger partial charge in [-0.3, -0.25) is 19.1 Å². The maximum Gasteiger partial charge on any atom is 0.411 e. The van der Waals surface area contributed by atoms with E-state index in [0.717, 1.165) is 19.2 Å². The molecular weight excluding hydrogens is 782 g/mol. The Labute approximate surface area is 336 Å². The van der Waals surface area contributed by atoms with Crippen molar-refractivity contribution in [2.45, 2.75) is 127 Å². The molecule has 4 aliphatic rings. The predicted molar refractivity (Wildman–Crippen MR) is 208 cm³/mol. The average molecular weight is 835 g/mol. The highest BCUT2D eigenvalue weighted by Crippen LogP contribution is 2.47. The minimum absolute atomic E-state index is 0.0147. The molecule has 0 spiro atoms.